The van der Waals surface area contributed by atoms with E-state index in [4.69, 9.17) is 33.2 Å². The molecule has 256 valence electrons. The van der Waals surface area contributed by atoms with Crippen molar-refractivity contribution in [1.29, 1.82) is 0 Å². The first kappa shape index (κ1) is 36.2. The zero-order chi connectivity index (χ0) is 35.5. The fourth-order valence-corrected chi connectivity index (χ4v) is 5.09. The van der Waals surface area contributed by atoms with Gasteiger partial charge in [-0.15, -0.1) is 0 Å². The summed E-state index contributed by atoms with van der Waals surface area (Å²) >= 11 is 0. The smallest absolute Gasteiger partial charge is 0.308 e. The van der Waals surface area contributed by atoms with Gasteiger partial charge in [-0.25, -0.2) is 0 Å². The summed E-state index contributed by atoms with van der Waals surface area (Å²) in [5.41, 5.74) is 3.30. The summed E-state index contributed by atoms with van der Waals surface area (Å²) in [6.07, 6.45) is 1.06. The van der Waals surface area contributed by atoms with Crippen LogP contribution in [0.3, 0.4) is 0 Å². The van der Waals surface area contributed by atoms with E-state index in [0.717, 1.165) is 16.7 Å². The minimum absolute atomic E-state index is 0.0135. The standard InChI is InChI=1S/C38H38O11/c1-23(39)45-31-17-14-27(15-18-31)13-16-29-10-8-12-33(46-24(2)40)37(29)49-32-11-7-9-28(19-32)20-34(43-5)30-21-35(44-6)38(48-26(4)42)36(22-30)47-25(3)41/h7-12,14-15,17-19,21-22,34H,13,16,20H2,1-6H3. The predicted octanol–water partition coefficient (Wildman–Crippen LogP) is 6.90. The molecule has 0 aliphatic rings. The number of benzene rings is 4. The Hall–Kier alpha value is -5.68. The zero-order valence-electron chi connectivity index (χ0n) is 28.2. The van der Waals surface area contributed by atoms with Crippen molar-refractivity contribution in [3.8, 4) is 40.2 Å². The van der Waals surface area contributed by atoms with E-state index in [9.17, 15) is 19.2 Å². The van der Waals surface area contributed by atoms with Crippen molar-refractivity contribution in [3.05, 3.63) is 101 Å². The van der Waals surface area contributed by atoms with E-state index in [2.05, 4.69) is 0 Å². The summed E-state index contributed by atoms with van der Waals surface area (Å²) in [5, 5.41) is 0. The van der Waals surface area contributed by atoms with Gasteiger partial charge in [0, 0.05) is 41.2 Å². The van der Waals surface area contributed by atoms with Crippen LogP contribution in [0.4, 0.5) is 0 Å². The SMILES string of the molecule is COc1cc(C(Cc2cccc(Oc3c(CCc4ccc(OC(C)=O)cc4)cccc3OC(C)=O)c2)OC)cc(OC(C)=O)c1OC(C)=O. The molecule has 11 heteroatoms. The van der Waals surface area contributed by atoms with Crippen LogP contribution in [-0.2, 0) is 43.2 Å². The molecular formula is C38H38O11. The number of hydrogen-bond donors (Lipinski definition) is 0. The van der Waals surface area contributed by atoms with Crippen LogP contribution in [-0.4, -0.2) is 38.1 Å². The summed E-state index contributed by atoms with van der Waals surface area (Å²) in [5.74, 6) is -0.211. The molecule has 4 aromatic carbocycles. The number of methoxy groups -OCH3 is 2. The van der Waals surface area contributed by atoms with Gasteiger partial charge in [0.2, 0.25) is 5.75 Å². The Bertz CT molecular complexity index is 1810. The molecule has 0 saturated carbocycles. The molecule has 0 spiro atoms. The van der Waals surface area contributed by atoms with Crippen molar-refractivity contribution in [2.45, 2.75) is 53.1 Å². The highest BCUT2D eigenvalue weighted by Crippen LogP contribution is 2.42. The summed E-state index contributed by atoms with van der Waals surface area (Å²) in [6, 6.07) is 23.3. The van der Waals surface area contributed by atoms with Crippen LogP contribution < -0.4 is 28.4 Å². The van der Waals surface area contributed by atoms with E-state index in [1.165, 1.54) is 34.8 Å². The van der Waals surface area contributed by atoms with Crippen molar-refractivity contribution < 1.29 is 52.3 Å². The van der Waals surface area contributed by atoms with Crippen LogP contribution in [0, 0.1) is 0 Å². The van der Waals surface area contributed by atoms with Gasteiger partial charge in [0.1, 0.15) is 11.5 Å². The molecule has 0 N–H and O–H groups in total. The lowest BCUT2D eigenvalue weighted by molar-refractivity contribution is -0.134. The van der Waals surface area contributed by atoms with Gasteiger partial charge in [0.15, 0.2) is 23.0 Å². The van der Waals surface area contributed by atoms with Gasteiger partial charge in [-0.3, -0.25) is 19.2 Å². The summed E-state index contributed by atoms with van der Waals surface area (Å²) in [7, 11) is 2.96. The zero-order valence-corrected chi connectivity index (χ0v) is 28.2. The topological polar surface area (TPSA) is 133 Å². The third kappa shape index (κ3) is 10.4. The van der Waals surface area contributed by atoms with Crippen LogP contribution >= 0.6 is 0 Å². The van der Waals surface area contributed by atoms with Crippen molar-refractivity contribution in [2.75, 3.05) is 14.2 Å². The fourth-order valence-electron chi connectivity index (χ4n) is 5.09. The lowest BCUT2D eigenvalue weighted by atomic mass is 10.00. The number of esters is 4. The van der Waals surface area contributed by atoms with Crippen LogP contribution in [0.5, 0.6) is 40.2 Å². The lowest BCUT2D eigenvalue weighted by Crippen LogP contribution is -2.11. The maximum Gasteiger partial charge on any atom is 0.308 e. The maximum atomic E-state index is 12.0. The number of rotatable bonds is 14. The van der Waals surface area contributed by atoms with Crippen LogP contribution in [0.1, 0.15) is 56.1 Å². The van der Waals surface area contributed by atoms with Gasteiger partial charge in [-0.05, 0) is 77.6 Å². The Balaban J connectivity index is 1.60. The first-order valence-corrected chi connectivity index (χ1v) is 15.4. The largest absolute Gasteiger partial charge is 0.493 e. The van der Waals surface area contributed by atoms with Crippen LogP contribution in [0.2, 0.25) is 0 Å². The van der Waals surface area contributed by atoms with Crippen molar-refractivity contribution in [2.24, 2.45) is 0 Å². The average molecular weight is 671 g/mol. The molecule has 0 aliphatic heterocycles. The maximum absolute atomic E-state index is 12.0. The highest BCUT2D eigenvalue weighted by atomic mass is 16.6. The number of aryl methyl sites for hydroxylation is 2. The van der Waals surface area contributed by atoms with Crippen molar-refractivity contribution in [3.63, 3.8) is 0 Å². The Labute approximate surface area is 284 Å². The van der Waals surface area contributed by atoms with Crippen LogP contribution in [0.25, 0.3) is 0 Å². The molecule has 0 radical (unpaired) electrons. The number of hydrogen-bond acceptors (Lipinski definition) is 11. The molecule has 11 nitrogen and oxygen atoms in total. The summed E-state index contributed by atoms with van der Waals surface area (Å²) in [6.45, 7) is 5.15. The van der Waals surface area contributed by atoms with Gasteiger partial charge >= 0.3 is 23.9 Å². The molecule has 0 amide bonds. The molecule has 0 aromatic heterocycles. The quantitative estimate of drug-likeness (QED) is 0.102. The number of carbonyl (C=O) groups is 4. The van der Waals surface area contributed by atoms with E-state index in [1.54, 1.807) is 49.6 Å². The van der Waals surface area contributed by atoms with Crippen molar-refractivity contribution >= 4 is 23.9 Å². The van der Waals surface area contributed by atoms with E-state index >= 15 is 0 Å². The molecule has 0 aliphatic carbocycles. The Morgan fingerprint density at radius 2 is 1.20 bits per heavy atom. The fraction of sp³-hybridized carbons (Fsp3) is 0.263. The highest BCUT2D eigenvalue weighted by Gasteiger charge is 2.23. The van der Waals surface area contributed by atoms with Gasteiger partial charge in [-0.1, -0.05) is 36.4 Å². The Morgan fingerprint density at radius 3 is 1.84 bits per heavy atom. The monoisotopic (exact) mass is 670 g/mol. The van der Waals surface area contributed by atoms with Crippen molar-refractivity contribution in [1.82, 2.24) is 0 Å². The predicted molar refractivity (Wildman–Crippen MR) is 178 cm³/mol. The number of ether oxygens (including phenoxy) is 7. The molecule has 1 atom stereocenters. The molecule has 0 heterocycles. The third-order valence-corrected chi connectivity index (χ3v) is 7.14. The average Bonchev–Trinajstić information content (AvgIpc) is 3.04. The van der Waals surface area contributed by atoms with E-state index in [-0.39, 0.29) is 29.0 Å². The molecule has 4 rings (SSSR count). The second-order valence-electron chi connectivity index (χ2n) is 11.0. The third-order valence-electron chi connectivity index (χ3n) is 7.14. The minimum atomic E-state index is -0.604. The second kappa shape index (κ2) is 16.9. The first-order valence-electron chi connectivity index (χ1n) is 15.4. The van der Waals surface area contributed by atoms with Gasteiger partial charge < -0.3 is 33.2 Å². The number of para-hydroxylation sites is 1. The molecule has 0 saturated heterocycles. The molecule has 1 unspecified atom stereocenters. The Kier molecular flexibility index (Phi) is 12.5. The molecule has 49 heavy (non-hydrogen) atoms. The molecular weight excluding hydrogens is 632 g/mol. The molecule has 4 aromatic rings. The lowest BCUT2D eigenvalue weighted by Gasteiger charge is -2.20. The van der Waals surface area contributed by atoms with E-state index < -0.39 is 24.0 Å². The van der Waals surface area contributed by atoms with Gasteiger partial charge in [0.05, 0.1) is 13.2 Å². The molecule has 0 bridgehead atoms. The van der Waals surface area contributed by atoms with E-state index in [1.807, 2.05) is 36.4 Å². The normalized spacial score (nSPS) is 11.2. The Morgan fingerprint density at radius 1 is 0.571 bits per heavy atom. The second-order valence-corrected chi connectivity index (χ2v) is 11.0. The number of carbonyl (C=O) groups excluding carboxylic acids is 4. The summed E-state index contributed by atoms with van der Waals surface area (Å²) in [4.78, 5) is 46.8. The minimum Gasteiger partial charge on any atom is -0.493 e. The van der Waals surface area contributed by atoms with Gasteiger partial charge in [0.25, 0.3) is 0 Å². The highest BCUT2D eigenvalue weighted by molar-refractivity contribution is 5.76. The van der Waals surface area contributed by atoms with Gasteiger partial charge in [-0.2, -0.15) is 0 Å². The molecule has 0 fully saturated rings. The van der Waals surface area contributed by atoms with Crippen LogP contribution in [0.15, 0.2) is 78.9 Å². The first-order chi connectivity index (χ1) is 23.4. The van der Waals surface area contributed by atoms with E-state index in [0.29, 0.717) is 42.1 Å². The summed E-state index contributed by atoms with van der Waals surface area (Å²) < 4.78 is 39.0.